The molecule has 0 atom stereocenters. The normalized spacial score (nSPS) is 12.6. The van der Waals surface area contributed by atoms with E-state index in [1.54, 1.807) is 0 Å². The Morgan fingerprint density at radius 3 is 2.12 bits per heavy atom. The van der Waals surface area contributed by atoms with Gasteiger partial charge in [-0.05, 0) is 44.3 Å². The fourth-order valence-electron chi connectivity index (χ4n) is 3.81. The lowest BCUT2D eigenvalue weighted by molar-refractivity contribution is 0.122. The van der Waals surface area contributed by atoms with Crippen molar-refractivity contribution in [2.75, 3.05) is 6.61 Å². The van der Waals surface area contributed by atoms with Gasteiger partial charge >= 0.3 is 0 Å². The minimum atomic E-state index is -0.955. The predicted octanol–water partition coefficient (Wildman–Crippen LogP) is 6.83. The highest BCUT2D eigenvalue weighted by atomic mass is 28.3. The highest BCUT2D eigenvalue weighted by Gasteiger charge is 2.13. The van der Waals surface area contributed by atoms with E-state index >= 15 is 0 Å². The van der Waals surface area contributed by atoms with Crippen LogP contribution in [-0.2, 0) is 11.3 Å². The molecule has 0 aromatic heterocycles. The third-order valence-electron chi connectivity index (χ3n) is 5.09. The summed E-state index contributed by atoms with van der Waals surface area (Å²) in [6.45, 7) is 8.85. The number of rotatable bonds is 6. The van der Waals surface area contributed by atoms with Gasteiger partial charge in [0, 0.05) is 14.7 Å². The lowest BCUT2D eigenvalue weighted by atomic mass is 9.92. The number of hydrogen-bond donors (Lipinski definition) is 0. The molecule has 0 aliphatic carbocycles. The van der Waals surface area contributed by atoms with Gasteiger partial charge in [-0.15, -0.1) is 0 Å². The van der Waals surface area contributed by atoms with Crippen LogP contribution in [0.2, 0.25) is 25.7 Å². The zero-order valence-corrected chi connectivity index (χ0v) is 16.4. The van der Waals surface area contributed by atoms with Crippen molar-refractivity contribution >= 4 is 40.4 Å². The van der Waals surface area contributed by atoms with Gasteiger partial charge in [-0.3, -0.25) is 0 Å². The van der Waals surface area contributed by atoms with Crippen molar-refractivity contribution in [3.8, 4) is 0 Å². The van der Waals surface area contributed by atoms with Crippen LogP contribution in [0.5, 0.6) is 0 Å². The maximum atomic E-state index is 6.03. The minimum Gasteiger partial charge on any atom is -0.377 e. The molecule has 0 unspecified atom stereocenters. The first-order chi connectivity index (χ1) is 12.0. The minimum absolute atomic E-state index is 0.708. The van der Waals surface area contributed by atoms with Crippen molar-refractivity contribution < 1.29 is 4.74 Å². The zero-order valence-electron chi connectivity index (χ0n) is 15.4. The van der Waals surface area contributed by atoms with E-state index in [4.69, 9.17) is 4.74 Å². The predicted molar refractivity (Wildman–Crippen MR) is 113 cm³/mol. The van der Waals surface area contributed by atoms with Gasteiger partial charge in [-0.2, -0.15) is 0 Å². The molecule has 0 fully saturated rings. The number of hydrogen-bond acceptors (Lipinski definition) is 1. The standard InChI is InChI=1S/C23H26OSi/c1-25(2,3)15-5-14-24-16-20-11-10-19-9-8-17-6-4-7-18-12-13-21(20)23(19)22(17)18/h4,6-13H,5,14-16H2,1-3H3. The van der Waals surface area contributed by atoms with E-state index in [1.165, 1.54) is 50.3 Å². The second-order valence-electron chi connectivity index (χ2n) is 8.30. The highest BCUT2D eigenvalue weighted by molar-refractivity contribution is 6.76. The van der Waals surface area contributed by atoms with E-state index in [-0.39, 0.29) is 0 Å². The molecule has 0 heterocycles. The largest absolute Gasteiger partial charge is 0.377 e. The molecule has 4 rings (SSSR count). The molecule has 2 heteroatoms. The van der Waals surface area contributed by atoms with Crippen molar-refractivity contribution in [2.24, 2.45) is 0 Å². The van der Waals surface area contributed by atoms with E-state index < -0.39 is 8.07 Å². The van der Waals surface area contributed by atoms with Crippen LogP contribution in [0.25, 0.3) is 32.3 Å². The summed E-state index contributed by atoms with van der Waals surface area (Å²) in [6, 6.07) is 21.4. The number of ether oxygens (including phenoxy) is 1. The molecule has 1 nitrogen and oxygen atoms in total. The quantitative estimate of drug-likeness (QED) is 0.211. The van der Waals surface area contributed by atoms with Gasteiger partial charge in [-0.1, -0.05) is 80.3 Å². The van der Waals surface area contributed by atoms with Crippen molar-refractivity contribution in [1.82, 2.24) is 0 Å². The van der Waals surface area contributed by atoms with Crippen molar-refractivity contribution in [3.05, 3.63) is 60.2 Å². The molecule has 4 aromatic carbocycles. The van der Waals surface area contributed by atoms with Crippen LogP contribution in [0.1, 0.15) is 12.0 Å². The molecule has 0 bridgehead atoms. The van der Waals surface area contributed by atoms with Crippen LogP contribution in [0.3, 0.4) is 0 Å². The fraction of sp³-hybridized carbons (Fsp3) is 0.304. The SMILES string of the molecule is C[Si](C)(C)CCCOCc1ccc2ccc3cccc4ccc1c2c34. The van der Waals surface area contributed by atoms with Crippen LogP contribution in [-0.4, -0.2) is 14.7 Å². The average molecular weight is 347 g/mol. The molecule has 0 radical (unpaired) electrons. The third-order valence-corrected chi connectivity index (χ3v) is 6.95. The smallest absolute Gasteiger partial charge is 0.0722 e. The van der Waals surface area contributed by atoms with Crippen LogP contribution in [0.15, 0.2) is 54.6 Å². The molecule has 0 spiro atoms. The summed E-state index contributed by atoms with van der Waals surface area (Å²) in [5.41, 5.74) is 1.30. The van der Waals surface area contributed by atoms with Crippen molar-refractivity contribution in [2.45, 2.75) is 38.7 Å². The van der Waals surface area contributed by atoms with Gasteiger partial charge in [0.15, 0.2) is 0 Å². The Balaban J connectivity index is 1.64. The van der Waals surface area contributed by atoms with Gasteiger partial charge < -0.3 is 4.74 Å². The summed E-state index contributed by atoms with van der Waals surface area (Å²) in [5.74, 6) is 0. The molecule has 4 aromatic rings. The molecule has 0 saturated heterocycles. The van der Waals surface area contributed by atoms with Crippen LogP contribution >= 0.6 is 0 Å². The monoisotopic (exact) mass is 346 g/mol. The Kier molecular flexibility index (Phi) is 4.26. The summed E-state index contributed by atoms with van der Waals surface area (Å²) in [4.78, 5) is 0. The Hall–Kier alpha value is -1.90. The Morgan fingerprint density at radius 1 is 0.760 bits per heavy atom. The Labute approximate surface area is 151 Å². The van der Waals surface area contributed by atoms with Crippen molar-refractivity contribution in [1.29, 1.82) is 0 Å². The molecule has 0 N–H and O–H groups in total. The Morgan fingerprint density at radius 2 is 1.40 bits per heavy atom. The molecule has 128 valence electrons. The molecular formula is C23H26OSi. The lowest BCUT2D eigenvalue weighted by Gasteiger charge is -2.16. The van der Waals surface area contributed by atoms with Gasteiger partial charge in [0.1, 0.15) is 0 Å². The molecule has 0 amide bonds. The molecule has 0 saturated carbocycles. The zero-order chi connectivity index (χ0) is 17.4. The summed E-state index contributed by atoms with van der Waals surface area (Å²) < 4.78 is 6.03. The fourth-order valence-corrected chi connectivity index (χ4v) is 5.01. The molecule has 0 aliphatic heterocycles. The lowest BCUT2D eigenvalue weighted by Crippen LogP contribution is -2.19. The van der Waals surface area contributed by atoms with Crippen LogP contribution in [0, 0.1) is 0 Å². The second-order valence-corrected chi connectivity index (χ2v) is 13.9. The van der Waals surface area contributed by atoms with Crippen LogP contribution in [0.4, 0.5) is 0 Å². The maximum absolute atomic E-state index is 6.03. The first-order valence-corrected chi connectivity index (χ1v) is 13.0. The first kappa shape index (κ1) is 16.6. The summed E-state index contributed by atoms with van der Waals surface area (Å²) in [5, 5.41) is 8.08. The molecule has 0 aliphatic rings. The third kappa shape index (κ3) is 3.29. The maximum Gasteiger partial charge on any atom is 0.0722 e. The van der Waals surface area contributed by atoms with Gasteiger partial charge in [0.2, 0.25) is 0 Å². The van der Waals surface area contributed by atoms with E-state index in [9.17, 15) is 0 Å². The first-order valence-electron chi connectivity index (χ1n) is 9.26. The van der Waals surface area contributed by atoms with Crippen molar-refractivity contribution in [3.63, 3.8) is 0 Å². The van der Waals surface area contributed by atoms with Gasteiger partial charge in [-0.25, -0.2) is 0 Å². The average Bonchev–Trinajstić information content (AvgIpc) is 2.59. The second kappa shape index (κ2) is 6.43. The molecule has 25 heavy (non-hydrogen) atoms. The highest BCUT2D eigenvalue weighted by Crippen LogP contribution is 2.36. The van der Waals surface area contributed by atoms with E-state index in [0.29, 0.717) is 6.61 Å². The van der Waals surface area contributed by atoms with E-state index in [0.717, 1.165) is 6.61 Å². The Bertz CT molecular complexity index is 997. The summed E-state index contributed by atoms with van der Waals surface area (Å²) in [6.07, 6.45) is 1.18. The summed E-state index contributed by atoms with van der Waals surface area (Å²) in [7, 11) is -0.955. The van der Waals surface area contributed by atoms with Crippen LogP contribution < -0.4 is 0 Å². The summed E-state index contributed by atoms with van der Waals surface area (Å²) >= 11 is 0. The molecular weight excluding hydrogens is 320 g/mol. The van der Waals surface area contributed by atoms with E-state index in [2.05, 4.69) is 74.2 Å². The van der Waals surface area contributed by atoms with Gasteiger partial charge in [0.25, 0.3) is 0 Å². The van der Waals surface area contributed by atoms with Gasteiger partial charge in [0.05, 0.1) is 6.61 Å². The number of benzene rings is 4. The topological polar surface area (TPSA) is 9.23 Å². The van der Waals surface area contributed by atoms with E-state index in [1.807, 2.05) is 0 Å².